The van der Waals surface area contributed by atoms with Crippen LogP contribution in [0.2, 0.25) is 0 Å². The summed E-state index contributed by atoms with van der Waals surface area (Å²) in [5.74, 6) is 0. The maximum absolute atomic E-state index is 9.73. The van der Waals surface area contributed by atoms with Crippen LogP contribution in [0.1, 0.15) is 0 Å². The molecule has 1 aromatic rings. The van der Waals surface area contributed by atoms with E-state index in [4.69, 9.17) is 10.8 Å². The molecule has 1 aliphatic heterocycles. The van der Waals surface area contributed by atoms with Crippen molar-refractivity contribution in [2.75, 3.05) is 34.3 Å². The lowest BCUT2D eigenvalue weighted by molar-refractivity contribution is 0.267. The number of nitrogen functional groups attached to an aromatic ring is 1. The van der Waals surface area contributed by atoms with Crippen molar-refractivity contribution < 1.29 is 15.5 Å². The number of nitrogens with zero attached hydrogens (tertiary/aromatic N) is 2. The van der Waals surface area contributed by atoms with E-state index in [9.17, 15) is 10.4 Å². The molecule has 0 radical (unpaired) electrons. The van der Waals surface area contributed by atoms with Gasteiger partial charge in [0, 0.05) is 6.54 Å². The number of hydrogen-bond donors (Lipinski definition) is 5. The van der Waals surface area contributed by atoms with Crippen LogP contribution in [0.15, 0.2) is 24.5 Å². The average molecular weight is 238 g/mol. The molecule has 0 saturated carbocycles. The number of hydroxylamine groups is 2. The quantitative estimate of drug-likeness (QED) is 0.490. The molecule has 0 aliphatic carbocycles. The highest BCUT2D eigenvalue weighted by molar-refractivity contribution is 5.92. The number of fused-ring (bicyclic) bond motifs is 1. The first-order valence-electron chi connectivity index (χ1n) is 5.07. The van der Waals surface area contributed by atoms with E-state index in [1.807, 2.05) is 0 Å². The molecule has 0 unspecified atom stereocenters. The molecule has 0 saturated heterocycles. The Hall–Kier alpha value is -1.96. The predicted molar refractivity (Wildman–Crippen MR) is 64.1 cm³/mol. The van der Waals surface area contributed by atoms with Crippen molar-refractivity contribution in [1.82, 2.24) is 0 Å². The Balaban J connectivity index is 2.48. The third kappa shape index (κ3) is 1.98. The fourth-order valence-electron chi connectivity index (χ4n) is 1.68. The standard InChI is InChI=1S/C10H14N4O3/c11-7-1-2-8(12-3-6-15)10-9(7)13(16)4-5-14(10)17/h1-2,4-5,12,15-17H,3,6,11H2. The lowest BCUT2D eigenvalue weighted by Gasteiger charge is -2.29. The summed E-state index contributed by atoms with van der Waals surface area (Å²) < 4.78 is 0. The van der Waals surface area contributed by atoms with Crippen molar-refractivity contribution in [2.24, 2.45) is 0 Å². The van der Waals surface area contributed by atoms with Gasteiger partial charge in [-0.2, -0.15) is 0 Å². The fraction of sp³-hybridized carbons (Fsp3) is 0.200. The van der Waals surface area contributed by atoms with Crippen LogP contribution in [-0.4, -0.2) is 28.7 Å². The first-order chi connectivity index (χ1) is 8.15. The molecule has 1 aliphatic rings. The number of aliphatic hydroxyl groups is 1. The van der Waals surface area contributed by atoms with Crippen LogP contribution >= 0.6 is 0 Å². The van der Waals surface area contributed by atoms with Gasteiger partial charge in [-0.3, -0.25) is 10.4 Å². The van der Waals surface area contributed by atoms with Crippen LogP contribution < -0.4 is 21.2 Å². The number of anilines is 4. The van der Waals surface area contributed by atoms with Crippen molar-refractivity contribution in [3.8, 4) is 0 Å². The molecule has 0 atom stereocenters. The van der Waals surface area contributed by atoms with Crippen LogP contribution in [0.3, 0.4) is 0 Å². The van der Waals surface area contributed by atoms with Crippen LogP contribution in [0.25, 0.3) is 0 Å². The molecular weight excluding hydrogens is 224 g/mol. The lowest BCUT2D eigenvalue weighted by atomic mass is 10.1. The summed E-state index contributed by atoms with van der Waals surface area (Å²) in [4.78, 5) is 0. The molecule has 1 heterocycles. The van der Waals surface area contributed by atoms with E-state index >= 15 is 0 Å². The molecule has 0 amide bonds. The van der Waals surface area contributed by atoms with Crippen molar-refractivity contribution in [2.45, 2.75) is 0 Å². The number of benzene rings is 1. The topological polar surface area (TPSA) is 105 Å². The first-order valence-corrected chi connectivity index (χ1v) is 5.07. The van der Waals surface area contributed by atoms with E-state index in [1.54, 1.807) is 12.1 Å². The molecule has 7 nitrogen and oxygen atoms in total. The Morgan fingerprint density at radius 3 is 2.41 bits per heavy atom. The molecule has 17 heavy (non-hydrogen) atoms. The van der Waals surface area contributed by atoms with Gasteiger partial charge in [0.15, 0.2) is 0 Å². The van der Waals surface area contributed by atoms with Crippen molar-refractivity contribution in [1.29, 1.82) is 0 Å². The van der Waals surface area contributed by atoms with Crippen LogP contribution in [-0.2, 0) is 0 Å². The maximum Gasteiger partial charge on any atom is 0.120 e. The summed E-state index contributed by atoms with van der Waals surface area (Å²) >= 11 is 0. The minimum atomic E-state index is -0.0384. The van der Waals surface area contributed by atoms with Gasteiger partial charge in [0.2, 0.25) is 0 Å². The Morgan fingerprint density at radius 1 is 1.12 bits per heavy atom. The molecule has 2 rings (SSSR count). The Bertz CT molecular complexity index is 449. The second-order valence-corrected chi connectivity index (χ2v) is 3.54. The highest BCUT2D eigenvalue weighted by Crippen LogP contribution is 2.42. The molecule has 92 valence electrons. The van der Waals surface area contributed by atoms with Crippen molar-refractivity contribution in [3.63, 3.8) is 0 Å². The normalized spacial score (nSPS) is 13.8. The SMILES string of the molecule is Nc1ccc(NCCO)c2c1N(O)C=CN2O. The van der Waals surface area contributed by atoms with E-state index in [-0.39, 0.29) is 12.3 Å². The van der Waals surface area contributed by atoms with Gasteiger partial charge in [-0.15, -0.1) is 0 Å². The zero-order valence-corrected chi connectivity index (χ0v) is 9.04. The molecule has 7 heteroatoms. The zero-order chi connectivity index (χ0) is 12.4. The number of rotatable bonds is 3. The summed E-state index contributed by atoms with van der Waals surface area (Å²) in [5, 5.41) is 32.8. The third-order valence-electron chi connectivity index (χ3n) is 2.42. The van der Waals surface area contributed by atoms with Crippen molar-refractivity contribution in [3.05, 3.63) is 24.5 Å². The Kier molecular flexibility index (Phi) is 3.05. The van der Waals surface area contributed by atoms with Crippen LogP contribution in [0, 0.1) is 0 Å². The minimum Gasteiger partial charge on any atom is -0.397 e. The summed E-state index contributed by atoms with van der Waals surface area (Å²) in [6.45, 7) is 0.294. The number of aliphatic hydroxyl groups excluding tert-OH is 1. The Morgan fingerprint density at radius 2 is 1.76 bits per heavy atom. The molecule has 0 spiro atoms. The number of nitrogens with one attached hydrogen (secondary N) is 1. The van der Waals surface area contributed by atoms with Gasteiger partial charge in [0.1, 0.15) is 11.4 Å². The molecule has 6 N–H and O–H groups in total. The summed E-state index contributed by atoms with van der Waals surface area (Å²) in [7, 11) is 0. The molecular formula is C10H14N4O3. The zero-order valence-electron chi connectivity index (χ0n) is 9.04. The monoisotopic (exact) mass is 238 g/mol. The van der Waals surface area contributed by atoms with E-state index in [1.165, 1.54) is 12.4 Å². The first kappa shape index (κ1) is 11.5. The van der Waals surface area contributed by atoms with E-state index in [0.717, 1.165) is 10.1 Å². The van der Waals surface area contributed by atoms with Gasteiger partial charge in [-0.05, 0) is 12.1 Å². The molecule has 0 bridgehead atoms. The van der Waals surface area contributed by atoms with E-state index in [0.29, 0.717) is 23.6 Å². The number of nitrogens with two attached hydrogens (primary N) is 1. The molecule has 1 aromatic carbocycles. The second-order valence-electron chi connectivity index (χ2n) is 3.54. The van der Waals surface area contributed by atoms with Gasteiger partial charge in [-0.25, -0.2) is 10.1 Å². The molecule has 0 aromatic heterocycles. The number of hydrogen-bond acceptors (Lipinski definition) is 7. The predicted octanol–water partition coefficient (Wildman–Crippen LogP) is 0.549. The largest absolute Gasteiger partial charge is 0.397 e. The van der Waals surface area contributed by atoms with Crippen LogP contribution in [0.5, 0.6) is 0 Å². The van der Waals surface area contributed by atoms with Gasteiger partial charge in [0.25, 0.3) is 0 Å². The van der Waals surface area contributed by atoms with E-state index in [2.05, 4.69) is 5.32 Å². The van der Waals surface area contributed by atoms with Gasteiger partial charge in [-0.1, -0.05) is 0 Å². The second kappa shape index (κ2) is 4.50. The highest BCUT2D eigenvalue weighted by atomic mass is 16.5. The van der Waals surface area contributed by atoms with E-state index < -0.39 is 0 Å². The van der Waals surface area contributed by atoms with Gasteiger partial charge < -0.3 is 16.2 Å². The summed E-state index contributed by atoms with van der Waals surface area (Å²) in [6, 6.07) is 3.27. The summed E-state index contributed by atoms with van der Waals surface area (Å²) in [5.41, 5.74) is 7.27. The minimum absolute atomic E-state index is 0.0384. The highest BCUT2D eigenvalue weighted by Gasteiger charge is 2.22. The van der Waals surface area contributed by atoms with Gasteiger partial charge >= 0.3 is 0 Å². The average Bonchev–Trinajstić information content (AvgIpc) is 2.32. The summed E-state index contributed by atoms with van der Waals surface area (Å²) in [6.07, 6.45) is 2.56. The fourth-order valence-corrected chi connectivity index (χ4v) is 1.68. The smallest absolute Gasteiger partial charge is 0.120 e. The lowest BCUT2D eigenvalue weighted by Crippen LogP contribution is -2.25. The molecule has 0 fully saturated rings. The van der Waals surface area contributed by atoms with Crippen molar-refractivity contribution >= 4 is 22.7 Å². The third-order valence-corrected chi connectivity index (χ3v) is 2.42. The van der Waals surface area contributed by atoms with Crippen LogP contribution in [0.4, 0.5) is 22.7 Å². The Labute approximate surface area is 97.9 Å². The van der Waals surface area contributed by atoms with Gasteiger partial charge in [0.05, 0.1) is 30.4 Å². The maximum atomic E-state index is 9.73.